The van der Waals surface area contributed by atoms with Crippen LogP contribution in [0, 0.1) is 6.92 Å². The van der Waals surface area contributed by atoms with Gasteiger partial charge in [-0.15, -0.1) is 0 Å². The molecule has 1 rings (SSSR count). The van der Waals surface area contributed by atoms with E-state index in [1.807, 2.05) is 52.4 Å². The quantitative estimate of drug-likeness (QED) is 0.564. The summed E-state index contributed by atoms with van der Waals surface area (Å²) in [6.45, 7) is 9.97. The Labute approximate surface area is 70.3 Å². The Kier molecular flexibility index (Phi) is 10.8. The average Bonchev–Trinajstić information content (AvgIpc) is 2.44. The standard InChI is InChI=1S/C5H8N2.2C2H6/c1-5-6-3-4-7(5)2;2*1-2/h3-4H,1-2H3;2*1-2H3. The van der Waals surface area contributed by atoms with Crippen LogP contribution in [-0.4, -0.2) is 9.55 Å². The maximum absolute atomic E-state index is 3.98. The minimum atomic E-state index is 1.06. The lowest BCUT2D eigenvalue weighted by Gasteiger charge is -1.87. The number of hydrogen-bond acceptors (Lipinski definition) is 1. The van der Waals surface area contributed by atoms with Crippen molar-refractivity contribution in [2.45, 2.75) is 34.6 Å². The maximum Gasteiger partial charge on any atom is 0.105 e. The molecule has 0 radical (unpaired) electrons. The van der Waals surface area contributed by atoms with E-state index in [9.17, 15) is 0 Å². The van der Waals surface area contributed by atoms with Crippen molar-refractivity contribution in [2.75, 3.05) is 0 Å². The number of hydrogen-bond donors (Lipinski definition) is 0. The Morgan fingerprint density at radius 1 is 1.18 bits per heavy atom. The topological polar surface area (TPSA) is 17.8 Å². The first-order valence-electron chi connectivity index (χ1n) is 4.24. The molecule has 0 saturated heterocycles. The van der Waals surface area contributed by atoms with Gasteiger partial charge >= 0.3 is 0 Å². The largest absolute Gasteiger partial charge is 0.338 e. The lowest BCUT2D eigenvalue weighted by molar-refractivity contribution is 0.858. The molecule has 0 aliphatic carbocycles. The molecule has 0 spiro atoms. The van der Waals surface area contributed by atoms with Crippen LogP contribution in [0.5, 0.6) is 0 Å². The highest BCUT2D eigenvalue weighted by Gasteiger charge is 1.83. The van der Waals surface area contributed by atoms with E-state index in [0.717, 1.165) is 5.82 Å². The van der Waals surface area contributed by atoms with E-state index in [4.69, 9.17) is 0 Å². The monoisotopic (exact) mass is 156 g/mol. The maximum atomic E-state index is 3.98. The summed E-state index contributed by atoms with van der Waals surface area (Å²) >= 11 is 0. The van der Waals surface area contributed by atoms with Crippen molar-refractivity contribution in [2.24, 2.45) is 7.05 Å². The van der Waals surface area contributed by atoms with Gasteiger partial charge in [0.1, 0.15) is 5.82 Å². The van der Waals surface area contributed by atoms with Crippen LogP contribution in [0.25, 0.3) is 0 Å². The third kappa shape index (κ3) is 5.64. The van der Waals surface area contributed by atoms with Gasteiger partial charge in [0, 0.05) is 19.4 Å². The molecule has 0 N–H and O–H groups in total. The highest BCUT2D eigenvalue weighted by molar-refractivity contribution is 4.85. The molecule has 0 aromatic carbocycles. The van der Waals surface area contributed by atoms with Gasteiger partial charge in [-0.2, -0.15) is 0 Å². The van der Waals surface area contributed by atoms with Gasteiger partial charge in [0.25, 0.3) is 0 Å². The smallest absolute Gasteiger partial charge is 0.105 e. The molecule has 2 heteroatoms. The molecule has 0 unspecified atom stereocenters. The van der Waals surface area contributed by atoms with Crippen molar-refractivity contribution in [3.63, 3.8) is 0 Å². The first-order chi connectivity index (χ1) is 5.30. The van der Waals surface area contributed by atoms with Crippen molar-refractivity contribution in [1.29, 1.82) is 0 Å². The summed E-state index contributed by atoms with van der Waals surface area (Å²) < 4.78 is 1.97. The molecule has 66 valence electrons. The zero-order valence-corrected chi connectivity index (χ0v) is 8.55. The predicted molar refractivity (Wildman–Crippen MR) is 50.6 cm³/mol. The van der Waals surface area contributed by atoms with Gasteiger partial charge in [-0.05, 0) is 6.92 Å². The fourth-order valence-electron chi connectivity index (χ4n) is 0.440. The summed E-state index contributed by atoms with van der Waals surface area (Å²) in [4.78, 5) is 3.98. The van der Waals surface area contributed by atoms with Gasteiger partial charge in [-0.1, -0.05) is 27.7 Å². The van der Waals surface area contributed by atoms with Gasteiger partial charge in [-0.3, -0.25) is 0 Å². The van der Waals surface area contributed by atoms with Crippen molar-refractivity contribution >= 4 is 0 Å². The molecule has 0 fully saturated rings. The first-order valence-corrected chi connectivity index (χ1v) is 4.24. The molecule has 2 nitrogen and oxygen atoms in total. The highest BCUT2D eigenvalue weighted by Crippen LogP contribution is 1.86. The number of aryl methyl sites for hydroxylation is 2. The van der Waals surface area contributed by atoms with E-state index >= 15 is 0 Å². The summed E-state index contributed by atoms with van der Waals surface area (Å²) in [5, 5.41) is 0. The van der Waals surface area contributed by atoms with Gasteiger partial charge in [-0.25, -0.2) is 4.98 Å². The fraction of sp³-hybridized carbons (Fsp3) is 0.667. The average molecular weight is 156 g/mol. The molecule has 0 amide bonds. The zero-order chi connectivity index (χ0) is 9.28. The van der Waals surface area contributed by atoms with Crippen LogP contribution in [0.15, 0.2) is 12.4 Å². The van der Waals surface area contributed by atoms with Crippen LogP contribution in [0.4, 0.5) is 0 Å². The molecule has 0 aliphatic rings. The second kappa shape index (κ2) is 9.21. The summed E-state index contributed by atoms with van der Waals surface area (Å²) in [7, 11) is 1.97. The summed E-state index contributed by atoms with van der Waals surface area (Å²) in [5.41, 5.74) is 0. The molecule has 0 bridgehead atoms. The van der Waals surface area contributed by atoms with Crippen LogP contribution in [-0.2, 0) is 7.05 Å². The number of imidazole rings is 1. The third-order valence-corrected chi connectivity index (χ3v) is 1.06. The summed E-state index contributed by atoms with van der Waals surface area (Å²) in [6.07, 6.45) is 3.71. The summed E-state index contributed by atoms with van der Waals surface area (Å²) in [6, 6.07) is 0. The Morgan fingerprint density at radius 2 is 1.64 bits per heavy atom. The van der Waals surface area contributed by atoms with Crippen LogP contribution in [0.1, 0.15) is 33.5 Å². The van der Waals surface area contributed by atoms with Crippen LogP contribution < -0.4 is 0 Å². The van der Waals surface area contributed by atoms with Gasteiger partial charge in [0.05, 0.1) is 0 Å². The predicted octanol–water partition coefficient (Wildman–Crippen LogP) is 2.78. The van der Waals surface area contributed by atoms with E-state index in [2.05, 4.69) is 4.98 Å². The molecule has 1 aromatic rings. The SMILES string of the molecule is CC.CC.Cc1nccn1C. The Hall–Kier alpha value is -0.790. The van der Waals surface area contributed by atoms with Crippen molar-refractivity contribution in [3.05, 3.63) is 18.2 Å². The van der Waals surface area contributed by atoms with Crippen LogP contribution in [0.2, 0.25) is 0 Å². The van der Waals surface area contributed by atoms with Gasteiger partial charge in [0.15, 0.2) is 0 Å². The molecule has 11 heavy (non-hydrogen) atoms. The molecule has 1 aromatic heterocycles. The van der Waals surface area contributed by atoms with Crippen molar-refractivity contribution in [1.82, 2.24) is 9.55 Å². The lowest BCUT2D eigenvalue weighted by atomic mass is 10.7. The van der Waals surface area contributed by atoms with Crippen molar-refractivity contribution < 1.29 is 0 Å². The Bertz CT molecular complexity index is 140. The lowest BCUT2D eigenvalue weighted by Crippen LogP contribution is -1.86. The number of nitrogens with zero attached hydrogens (tertiary/aromatic N) is 2. The van der Waals surface area contributed by atoms with E-state index in [1.54, 1.807) is 6.20 Å². The van der Waals surface area contributed by atoms with Crippen LogP contribution >= 0.6 is 0 Å². The van der Waals surface area contributed by atoms with E-state index in [-0.39, 0.29) is 0 Å². The minimum absolute atomic E-state index is 1.06. The van der Waals surface area contributed by atoms with E-state index in [1.165, 1.54) is 0 Å². The molecule has 1 heterocycles. The van der Waals surface area contributed by atoms with Crippen LogP contribution in [0.3, 0.4) is 0 Å². The van der Waals surface area contributed by atoms with E-state index < -0.39 is 0 Å². The van der Waals surface area contributed by atoms with Gasteiger partial charge < -0.3 is 4.57 Å². The Balaban J connectivity index is 0. The molecule has 0 aliphatic heterocycles. The molecule has 0 atom stereocenters. The molecular formula is C9H20N2. The van der Waals surface area contributed by atoms with Crippen molar-refractivity contribution in [3.8, 4) is 0 Å². The minimum Gasteiger partial charge on any atom is -0.338 e. The molecular weight excluding hydrogens is 136 g/mol. The third-order valence-electron chi connectivity index (χ3n) is 1.06. The second-order valence-corrected chi connectivity index (χ2v) is 1.59. The van der Waals surface area contributed by atoms with Gasteiger partial charge in [0.2, 0.25) is 0 Å². The highest BCUT2D eigenvalue weighted by atomic mass is 15.0. The number of rotatable bonds is 0. The molecule has 0 saturated carbocycles. The first kappa shape index (κ1) is 12.8. The normalized spacial score (nSPS) is 7.09. The van der Waals surface area contributed by atoms with E-state index in [0.29, 0.717) is 0 Å². The fourth-order valence-corrected chi connectivity index (χ4v) is 0.440. The second-order valence-electron chi connectivity index (χ2n) is 1.59. The summed E-state index contributed by atoms with van der Waals surface area (Å²) in [5.74, 6) is 1.06. The Morgan fingerprint density at radius 3 is 1.73 bits per heavy atom. The number of aromatic nitrogens is 2. The zero-order valence-electron chi connectivity index (χ0n) is 8.55.